The molecule has 0 aliphatic carbocycles. The number of ether oxygens (including phenoxy) is 2. The summed E-state index contributed by atoms with van der Waals surface area (Å²) >= 11 is 0. The normalized spacial score (nSPS) is 17.0. The SMILES string of the molecule is CN(C)C(=O)OC1CCN(C(=O)OC(C)(C)C)CC1. The van der Waals surface area contributed by atoms with E-state index in [4.69, 9.17) is 9.47 Å². The molecule has 1 rings (SSSR count). The van der Waals surface area contributed by atoms with Gasteiger partial charge in [0.1, 0.15) is 11.7 Å². The summed E-state index contributed by atoms with van der Waals surface area (Å²) in [6.07, 6.45) is 0.548. The molecule has 0 saturated carbocycles. The van der Waals surface area contributed by atoms with Gasteiger partial charge in [-0.2, -0.15) is 0 Å². The van der Waals surface area contributed by atoms with E-state index in [9.17, 15) is 9.59 Å². The molecule has 6 nitrogen and oxygen atoms in total. The van der Waals surface area contributed by atoms with Crippen LogP contribution < -0.4 is 0 Å². The van der Waals surface area contributed by atoms with Gasteiger partial charge < -0.3 is 19.3 Å². The highest BCUT2D eigenvalue weighted by Crippen LogP contribution is 2.17. The molecule has 1 fully saturated rings. The molecule has 6 heteroatoms. The number of hydrogen-bond acceptors (Lipinski definition) is 4. The van der Waals surface area contributed by atoms with Crippen molar-refractivity contribution in [3.05, 3.63) is 0 Å². The predicted octanol–water partition coefficient (Wildman–Crippen LogP) is 2.08. The third-order valence-electron chi connectivity index (χ3n) is 2.73. The zero-order chi connectivity index (χ0) is 14.6. The summed E-state index contributed by atoms with van der Waals surface area (Å²) in [5.74, 6) is 0. The molecule has 0 aromatic rings. The Morgan fingerprint density at radius 2 is 1.68 bits per heavy atom. The van der Waals surface area contributed by atoms with Gasteiger partial charge >= 0.3 is 12.2 Å². The van der Waals surface area contributed by atoms with Crippen molar-refractivity contribution in [3.8, 4) is 0 Å². The van der Waals surface area contributed by atoms with Gasteiger partial charge in [0.15, 0.2) is 0 Å². The van der Waals surface area contributed by atoms with Gasteiger partial charge in [-0.05, 0) is 20.8 Å². The summed E-state index contributed by atoms with van der Waals surface area (Å²) in [4.78, 5) is 26.3. The fraction of sp³-hybridized carbons (Fsp3) is 0.846. The molecule has 0 spiro atoms. The Hall–Kier alpha value is -1.46. The summed E-state index contributed by atoms with van der Waals surface area (Å²) in [7, 11) is 3.30. The second-order valence-corrected chi connectivity index (χ2v) is 5.94. The number of nitrogens with zero attached hydrogens (tertiary/aromatic N) is 2. The van der Waals surface area contributed by atoms with Crippen LogP contribution in [0.4, 0.5) is 9.59 Å². The van der Waals surface area contributed by atoms with Crippen molar-refractivity contribution in [2.45, 2.75) is 45.3 Å². The van der Waals surface area contributed by atoms with Gasteiger partial charge in [-0.15, -0.1) is 0 Å². The first-order valence-corrected chi connectivity index (χ1v) is 6.55. The van der Waals surface area contributed by atoms with Gasteiger partial charge in [-0.1, -0.05) is 0 Å². The lowest BCUT2D eigenvalue weighted by Crippen LogP contribution is -2.44. The average Bonchev–Trinajstić information content (AvgIpc) is 2.27. The molecule has 0 unspecified atom stereocenters. The van der Waals surface area contributed by atoms with Crippen molar-refractivity contribution >= 4 is 12.2 Å². The van der Waals surface area contributed by atoms with Crippen LogP contribution in [0.1, 0.15) is 33.6 Å². The smallest absolute Gasteiger partial charge is 0.410 e. The number of piperidine rings is 1. The monoisotopic (exact) mass is 272 g/mol. The van der Waals surface area contributed by atoms with E-state index >= 15 is 0 Å². The first-order valence-electron chi connectivity index (χ1n) is 6.55. The van der Waals surface area contributed by atoms with Crippen LogP contribution in [0, 0.1) is 0 Å². The Kier molecular flexibility index (Phi) is 5.03. The van der Waals surface area contributed by atoms with Crippen molar-refractivity contribution in [2.24, 2.45) is 0 Å². The number of likely N-dealkylation sites (tertiary alicyclic amines) is 1. The van der Waals surface area contributed by atoms with E-state index in [0.717, 1.165) is 0 Å². The van der Waals surface area contributed by atoms with E-state index in [-0.39, 0.29) is 18.3 Å². The zero-order valence-electron chi connectivity index (χ0n) is 12.4. The van der Waals surface area contributed by atoms with Crippen LogP contribution in [-0.4, -0.2) is 60.9 Å². The van der Waals surface area contributed by atoms with Gasteiger partial charge in [-0.25, -0.2) is 9.59 Å². The van der Waals surface area contributed by atoms with Crippen molar-refractivity contribution < 1.29 is 19.1 Å². The number of carbonyl (C=O) groups excluding carboxylic acids is 2. The zero-order valence-corrected chi connectivity index (χ0v) is 12.4. The fourth-order valence-corrected chi connectivity index (χ4v) is 1.73. The molecule has 1 aliphatic rings. The topological polar surface area (TPSA) is 59.1 Å². The average molecular weight is 272 g/mol. The molecule has 0 aromatic heterocycles. The molecule has 0 bridgehead atoms. The first-order chi connectivity index (χ1) is 8.69. The Morgan fingerprint density at radius 1 is 1.16 bits per heavy atom. The van der Waals surface area contributed by atoms with Crippen LogP contribution in [0.15, 0.2) is 0 Å². The van der Waals surface area contributed by atoms with Crippen molar-refractivity contribution in [2.75, 3.05) is 27.2 Å². The Labute approximate surface area is 114 Å². The molecule has 1 aliphatic heterocycles. The maximum absolute atomic E-state index is 11.8. The minimum atomic E-state index is -0.481. The van der Waals surface area contributed by atoms with E-state index in [1.54, 1.807) is 19.0 Å². The van der Waals surface area contributed by atoms with Gasteiger partial charge in [0.25, 0.3) is 0 Å². The van der Waals surface area contributed by atoms with Gasteiger partial charge in [-0.3, -0.25) is 0 Å². The molecule has 1 saturated heterocycles. The molecular weight excluding hydrogens is 248 g/mol. The van der Waals surface area contributed by atoms with Crippen LogP contribution in [0.5, 0.6) is 0 Å². The van der Waals surface area contributed by atoms with Crippen LogP contribution in [0.3, 0.4) is 0 Å². The van der Waals surface area contributed by atoms with Gasteiger partial charge in [0.05, 0.1) is 0 Å². The largest absolute Gasteiger partial charge is 0.446 e. The predicted molar refractivity (Wildman–Crippen MR) is 71.0 cm³/mol. The van der Waals surface area contributed by atoms with E-state index in [1.807, 2.05) is 20.8 Å². The minimum absolute atomic E-state index is 0.117. The molecule has 2 amide bonds. The Balaban J connectivity index is 2.37. The molecule has 0 atom stereocenters. The number of hydrogen-bond donors (Lipinski definition) is 0. The highest BCUT2D eigenvalue weighted by molar-refractivity contribution is 5.68. The maximum Gasteiger partial charge on any atom is 0.410 e. The van der Waals surface area contributed by atoms with Crippen molar-refractivity contribution in [1.82, 2.24) is 9.80 Å². The molecule has 1 heterocycles. The highest BCUT2D eigenvalue weighted by atomic mass is 16.6. The summed E-state index contributed by atoms with van der Waals surface area (Å²) in [5.41, 5.74) is -0.481. The van der Waals surface area contributed by atoms with Gasteiger partial charge in [0.2, 0.25) is 0 Å². The third-order valence-corrected chi connectivity index (χ3v) is 2.73. The second kappa shape index (κ2) is 6.12. The minimum Gasteiger partial charge on any atom is -0.446 e. The highest BCUT2D eigenvalue weighted by Gasteiger charge is 2.28. The lowest BCUT2D eigenvalue weighted by Gasteiger charge is -2.33. The van der Waals surface area contributed by atoms with Crippen LogP contribution in [0.2, 0.25) is 0 Å². The summed E-state index contributed by atoms with van der Waals surface area (Å²) in [6, 6.07) is 0. The summed E-state index contributed by atoms with van der Waals surface area (Å²) < 4.78 is 10.6. The van der Waals surface area contributed by atoms with E-state index in [0.29, 0.717) is 25.9 Å². The third kappa shape index (κ3) is 5.36. The Bertz CT molecular complexity index is 328. The molecule has 110 valence electrons. The number of amides is 2. The van der Waals surface area contributed by atoms with Crippen molar-refractivity contribution in [1.29, 1.82) is 0 Å². The lowest BCUT2D eigenvalue weighted by atomic mass is 10.1. The van der Waals surface area contributed by atoms with Crippen LogP contribution in [-0.2, 0) is 9.47 Å². The number of carbonyl (C=O) groups is 2. The lowest BCUT2D eigenvalue weighted by molar-refractivity contribution is 0.00317. The van der Waals surface area contributed by atoms with Crippen LogP contribution in [0.25, 0.3) is 0 Å². The summed E-state index contributed by atoms with van der Waals surface area (Å²) in [5, 5.41) is 0. The first kappa shape index (κ1) is 15.6. The molecule has 0 aromatic carbocycles. The number of rotatable bonds is 1. The molecule has 19 heavy (non-hydrogen) atoms. The summed E-state index contributed by atoms with van der Waals surface area (Å²) in [6.45, 7) is 6.64. The van der Waals surface area contributed by atoms with E-state index in [2.05, 4.69) is 0 Å². The van der Waals surface area contributed by atoms with Gasteiger partial charge in [0, 0.05) is 40.0 Å². The Morgan fingerprint density at radius 3 is 2.11 bits per heavy atom. The van der Waals surface area contributed by atoms with Crippen LogP contribution >= 0.6 is 0 Å². The van der Waals surface area contributed by atoms with E-state index in [1.165, 1.54) is 4.90 Å². The second-order valence-electron chi connectivity index (χ2n) is 5.94. The maximum atomic E-state index is 11.8. The fourth-order valence-electron chi connectivity index (χ4n) is 1.73. The standard InChI is InChI=1S/C13H24N2O4/c1-13(2,3)19-12(17)15-8-6-10(7-9-15)18-11(16)14(4)5/h10H,6-9H2,1-5H3. The van der Waals surface area contributed by atoms with Crippen molar-refractivity contribution in [3.63, 3.8) is 0 Å². The molecule has 0 radical (unpaired) electrons. The molecule has 0 N–H and O–H groups in total. The molecular formula is C13H24N2O4. The van der Waals surface area contributed by atoms with E-state index < -0.39 is 5.60 Å². The quantitative estimate of drug-likeness (QED) is 0.733.